The molecule has 122 valence electrons. The van der Waals surface area contributed by atoms with Crippen LogP contribution in [-0.2, 0) is 0 Å². The second-order valence-corrected chi connectivity index (χ2v) is 6.55. The number of aliphatic imine (C=N–C) groups is 1. The third-order valence-corrected chi connectivity index (χ3v) is 3.14. The summed E-state index contributed by atoms with van der Waals surface area (Å²) < 4.78 is 0. The minimum atomic E-state index is 0. The fourth-order valence-electron chi connectivity index (χ4n) is 1.51. The predicted molar refractivity (Wildman–Crippen MR) is 105 cm³/mol. The Morgan fingerprint density at radius 3 is 2.35 bits per heavy atom. The molecule has 0 atom stereocenters. The Balaban J connectivity index is 0. The van der Waals surface area contributed by atoms with Crippen LogP contribution in [0.25, 0.3) is 0 Å². The van der Waals surface area contributed by atoms with Crippen molar-refractivity contribution in [3.05, 3.63) is 0 Å². The van der Waals surface area contributed by atoms with E-state index in [4.69, 9.17) is 0 Å². The van der Waals surface area contributed by atoms with Gasteiger partial charge in [-0.1, -0.05) is 0 Å². The van der Waals surface area contributed by atoms with Gasteiger partial charge in [-0.05, 0) is 52.5 Å². The lowest BCUT2D eigenvalue weighted by molar-refractivity contribution is 0.428. The third-order valence-electron chi connectivity index (χ3n) is 2.44. The van der Waals surface area contributed by atoms with Crippen LogP contribution in [-0.4, -0.2) is 49.7 Å². The summed E-state index contributed by atoms with van der Waals surface area (Å²) in [4.78, 5) is 4.58. The largest absolute Gasteiger partial charge is 0.357 e. The zero-order valence-corrected chi connectivity index (χ0v) is 16.9. The molecule has 4 nitrogen and oxygen atoms in total. The van der Waals surface area contributed by atoms with Crippen molar-refractivity contribution in [1.82, 2.24) is 16.0 Å². The van der Waals surface area contributed by atoms with Gasteiger partial charge in [0.25, 0.3) is 0 Å². The normalized spacial score (nSPS) is 11.9. The summed E-state index contributed by atoms with van der Waals surface area (Å²) in [6.07, 6.45) is 4.56. The molecule has 0 aromatic heterocycles. The second kappa shape index (κ2) is 14.3. The zero-order valence-electron chi connectivity index (χ0n) is 13.7. The minimum Gasteiger partial charge on any atom is -0.357 e. The SMILES string of the molecule is CCNC(=NCCCCSC)NCCNC(C)(C)C.I. The monoisotopic (exact) mass is 416 g/mol. The summed E-state index contributed by atoms with van der Waals surface area (Å²) in [5.41, 5.74) is 0.176. The number of thioether (sulfide) groups is 1. The molecule has 0 radical (unpaired) electrons. The van der Waals surface area contributed by atoms with Gasteiger partial charge >= 0.3 is 0 Å². The first-order valence-corrected chi connectivity index (χ1v) is 8.65. The molecule has 0 saturated carbocycles. The van der Waals surface area contributed by atoms with E-state index in [1.807, 2.05) is 11.8 Å². The molecule has 0 spiro atoms. The highest BCUT2D eigenvalue weighted by Gasteiger charge is 2.07. The topological polar surface area (TPSA) is 48.5 Å². The van der Waals surface area contributed by atoms with Gasteiger partial charge in [-0.3, -0.25) is 4.99 Å². The van der Waals surface area contributed by atoms with Crippen molar-refractivity contribution >= 4 is 41.7 Å². The summed E-state index contributed by atoms with van der Waals surface area (Å²) in [5.74, 6) is 2.16. The second-order valence-electron chi connectivity index (χ2n) is 5.56. The highest BCUT2D eigenvalue weighted by Crippen LogP contribution is 1.99. The molecular weight excluding hydrogens is 383 g/mol. The maximum absolute atomic E-state index is 4.58. The number of unbranched alkanes of at least 4 members (excludes halogenated alkanes) is 1. The van der Waals surface area contributed by atoms with Crippen LogP contribution >= 0.6 is 35.7 Å². The number of nitrogens with one attached hydrogen (secondary N) is 3. The van der Waals surface area contributed by atoms with Crippen LogP contribution in [0.4, 0.5) is 0 Å². The highest BCUT2D eigenvalue weighted by molar-refractivity contribution is 14.0. The van der Waals surface area contributed by atoms with Crippen molar-refractivity contribution in [2.75, 3.05) is 38.2 Å². The lowest BCUT2D eigenvalue weighted by atomic mass is 10.1. The van der Waals surface area contributed by atoms with E-state index in [9.17, 15) is 0 Å². The highest BCUT2D eigenvalue weighted by atomic mass is 127. The van der Waals surface area contributed by atoms with Crippen LogP contribution in [0.5, 0.6) is 0 Å². The quantitative estimate of drug-likeness (QED) is 0.234. The van der Waals surface area contributed by atoms with Gasteiger partial charge in [0, 0.05) is 31.7 Å². The molecule has 0 aliphatic heterocycles. The fourth-order valence-corrected chi connectivity index (χ4v) is 2.00. The average Bonchev–Trinajstić information content (AvgIpc) is 2.33. The molecule has 3 N–H and O–H groups in total. The van der Waals surface area contributed by atoms with E-state index in [-0.39, 0.29) is 29.5 Å². The summed E-state index contributed by atoms with van der Waals surface area (Å²) >= 11 is 1.90. The van der Waals surface area contributed by atoms with Crippen molar-refractivity contribution < 1.29 is 0 Å². The van der Waals surface area contributed by atoms with Crippen molar-refractivity contribution in [2.24, 2.45) is 4.99 Å². The lowest BCUT2D eigenvalue weighted by Crippen LogP contribution is -2.44. The van der Waals surface area contributed by atoms with E-state index in [1.54, 1.807) is 0 Å². The Morgan fingerprint density at radius 2 is 1.80 bits per heavy atom. The van der Waals surface area contributed by atoms with Crippen LogP contribution in [0.2, 0.25) is 0 Å². The van der Waals surface area contributed by atoms with Crippen LogP contribution < -0.4 is 16.0 Å². The smallest absolute Gasteiger partial charge is 0.191 e. The Morgan fingerprint density at radius 1 is 1.10 bits per heavy atom. The Labute approximate surface area is 146 Å². The molecule has 0 bridgehead atoms. The molecular formula is C14H33IN4S. The Kier molecular flexibility index (Phi) is 16.1. The summed E-state index contributed by atoms with van der Waals surface area (Å²) in [6, 6.07) is 0. The number of hydrogen-bond acceptors (Lipinski definition) is 3. The molecule has 0 aliphatic carbocycles. The molecule has 0 aliphatic rings. The molecule has 0 rings (SSSR count). The van der Waals surface area contributed by atoms with Gasteiger partial charge in [0.15, 0.2) is 5.96 Å². The molecule has 0 fully saturated rings. The molecule has 0 aromatic carbocycles. The van der Waals surface area contributed by atoms with Crippen LogP contribution in [0, 0.1) is 0 Å². The number of guanidine groups is 1. The molecule has 0 saturated heterocycles. The number of halogens is 1. The number of hydrogen-bond donors (Lipinski definition) is 3. The van der Waals surface area contributed by atoms with E-state index >= 15 is 0 Å². The zero-order chi connectivity index (χ0) is 14.6. The van der Waals surface area contributed by atoms with Gasteiger partial charge < -0.3 is 16.0 Å². The fraction of sp³-hybridized carbons (Fsp3) is 0.929. The molecule has 20 heavy (non-hydrogen) atoms. The standard InChI is InChI=1S/C14H32N4S.HI/c1-6-15-13(16-9-7-8-12-19-5)17-10-11-18-14(2,3)4;/h18H,6-12H2,1-5H3,(H2,15,16,17);1H. The van der Waals surface area contributed by atoms with E-state index in [1.165, 1.54) is 12.2 Å². The summed E-state index contributed by atoms with van der Waals surface area (Å²) in [7, 11) is 0. The van der Waals surface area contributed by atoms with E-state index in [2.05, 4.69) is 54.9 Å². The van der Waals surface area contributed by atoms with Gasteiger partial charge in [-0.25, -0.2) is 0 Å². The predicted octanol–water partition coefficient (Wildman–Crippen LogP) is 2.69. The molecule has 0 unspecified atom stereocenters. The van der Waals surface area contributed by atoms with Gasteiger partial charge in [-0.15, -0.1) is 24.0 Å². The summed E-state index contributed by atoms with van der Waals surface area (Å²) in [6.45, 7) is 12.3. The molecule has 0 aromatic rings. The third kappa shape index (κ3) is 16.4. The van der Waals surface area contributed by atoms with Crippen LogP contribution in [0.1, 0.15) is 40.5 Å². The summed E-state index contributed by atoms with van der Waals surface area (Å²) in [5, 5.41) is 10.1. The van der Waals surface area contributed by atoms with Crippen molar-refractivity contribution in [2.45, 2.75) is 46.1 Å². The molecule has 0 heterocycles. The van der Waals surface area contributed by atoms with Crippen molar-refractivity contribution in [3.63, 3.8) is 0 Å². The maximum Gasteiger partial charge on any atom is 0.191 e. The maximum atomic E-state index is 4.58. The minimum absolute atomic E-state index is 0. The number of nitrogens with zero attached hydrogens (tertiary/aromatic N) is 1. The van der Waals surface area contributed by atoms with Crippen molar-refractivity contribution in [1.29, 1.82) is 0 Å². The van der Waals surface area contributed by atoms with Gasteiger partial charge in [0.05, 0.1) is 0 Å². The lowest BCUT2D eigenvalue weighted by Gasteiger charge is -2.21. The number of rotatable bonds is 9. The van der Waals surface area contributed by atoms with Crippen LogP contribution in [0.3, 0.4) is 0 Å². The first-order chi connectivity index (χ1) is 8.99. The van der Waals surface area contributed by atoms with Gasteiger partial charge in [0.2, 0.25) is 0 Å². The Bertz CT molecular complexity index is 242. The van der Waals surface area contributed by atoms with E-state index < -0.39 is 0 Å². The van der Waals surface area contributed by atoms with E-state index in [0.717, 1.165) is 38.6 Å². The van der Waals surface area contributed by atoms with E-state index in [0.29, 0.717) is 0 Å². The van der Waals surface area contributed by atoms with Crippen molar-refractivity contribution in [3.8, 4) is 0 Å². The average molecular weight is 416 g/mol. The van der Waals surface area contributed by atoms with Gasteiger partial charge in [0.1, 0.15) is 0 Å². The first kappa shape index (κ1) is 22.6. The first-order valence-electron chi connectivity index (χ1n) is 7.25. The van der Waals surface area contributed by atoms with Crippen LogP contribution in [0.15, 0.2) is 4.99 Å². The van der Waals surface area contributed by atoms with Gasteiger partial charge in [-0.2, -0.15) is 11.8 Å². The molecule has 0 amide bonds. The Hall–Kier alpha value is 0.310. The molecule has 6 heteroatoms.